The van der Waals surface area contributed by atoms with E-state index >= 15 is 0 Å². The molecule has 0 bridgehead atoms. The van der Waals surface area contributed by atoms with Gasteiger partial charge in [-0.25, -0.2) is 0 Å². The van der Waals surface area contributed by atoms with Crippen molar-refractivity contribution >= 4 is 0 Å². The van der Waals surface area contributed by atoms with E-state index in [0.717, 1.165) is 18.7 Å². The van der Waals surface area contributed by atoms with E-state index in [9.17, 15) is 0 Å². The second kappa shape index (κ2) is 2.88. The molecule has 1 aromatic heterocycles. The van der Waals surface area contributed by atoms with E-state index in [2.05, 4.69) is 16.1 Å². The van der Waals surface area contributed by atoms with E-state index in [4.69, 9.17) is 10.8 Å². The van der Waals surface area contributed by atoms with Crippen LogP contribution in [0.5, 0.6) is 0 Å². The fourth-order valence-corrected chi connectivity index (χ4v) is 1.78. The van der Waals surface area contributed by atoms with Crippen molar-refractivity contribution in [1.29, 1.82) is 0 Å². The van der Waals surface area contributed by atoms with E-state index in [0.29, 0.717) is 12.3 Å². The molecule has 0 aliphatic heterocycles. The third kappa shape index (κ3) is 1.23. The molecule has 3 nitrogen and oxygen atoms in total. The fraction of sp³-hybridized carbons (Fsp3) is 0.600. The molecule has 0 aromatic carbocycles. The Hall–Kier alpha value is -1.30. The van der Waals surface area contributed by atoms with Crippen LogP contribution in [0.2, 0.25) is 0 Å². The Bertz CT molecular complexity index is 344. The van der Waals surface area contributed by atoms with Gasteiger partial charge in [0, 0.05) is 13.3 Å². The Balaban J connectivity index is 2.27. The zero-order chi connectivity index (χ0) is 9.31. The van der Waals surface area contributed by atoms with Gasteiger partial charge >= 0.3 is 0 Å². The molecule has 3 heteroatoms. The highest BCUT2D eigenvalue weighted by molar-refractivity contribution is 5.14. The number of aryl methyl sites for hydroxylation is 1. The number of nitrogens with zero attached hydrogens (tertiary/aromatic N) is 2. The van der Waals surface area contributed by atoms with Gasteiger partial charge < -0.3 is 4.42 Å². The third-order valence-corrected chi connectivity index (χ3v) is 2.73. The van der Waals surface area contributed by atoms with Crippen LogP contribution >= 0.6 is 0 Å². The van der Waals surface area contributed by atoms with Crippen molar-refractivity contribution in [2.24, 2.45) is 0 Å². The van der Waals surface area contributed by atoms with Crippen LogP contribution in [0.1, 0.15) is 37.5 Å². The summed E-state index contributed by atoms with van der Waals surface area (Å²) in [6, 6.07) is 0. The largest absolute Gasteiger partial charge is 0.425 e. The van der Waals surface area contributed by atoms with Gasteiger partial charge in [-0.3, -0.25) is 0 Å². The summed E-state index contributed by atoms with van der Waals surface area (Å²) in [5.41, 5.74) is 0.00993. The van der Waals surface area contributed by atoms with Crippen LogP contribution in [0, 0.1) is 19.3 Å². The highest BCUT2D eigenvalue weighted by Crippen LogP contribution is 2.45. The number of aromatic nitrogens is 2. The van der Waals surface area contributed by atoms with Crippen LogP contribution in [-0.2, 0) is 5.41 Å². The lowest BCUT2D eigenvalue weighted by atomic mass is 9.67. The lowest BCUT2D eigenvalue weighted by molar-refractivity contribution is 0.194. The van der Waals surface area contributed by atoms with Gasteiger partial charge in [0.15, 0.2) is 0 Å². The fourth-order valence-electron chi connectivity index (χ4n) is 1.78. The standard InChI is InChI=1S/C10H12N2O/c1-3-5-10(6-4-7-10)9-12-11-8(2)13-9/h1H,4-7H2,2H3. The number of hydrogen-bond acceptors (Lipinski definition) is 3. The first-order valence-electron chi connectivity index (χ1n) is 4.51. The van der Waals surface area contributed by atoms with Crippen LogP contribution in [0.25, 0.3) is 0 Å². The van der Waals surface area contributed by atoms with Crippen molar-refractivity contribution in [3.05, 3.63) is 11.8 Å². The summed E-state index contributed by atoms with van der Waals surface area (Å²) in [6.45, 7) is 1.80. The second-order valence-electron chi connectivity index (χ2n) is 3.64. The first kappa shape index (κ1) is 8.31. The van der Waals surface area contributed by atoms with Crippen molar-refractivity contribution in [3.8, 4) is 12.3 Å². The lowest BCUT2D eigenvalue weighted by Crippen LogP contribution is -2.34. The van der Waals surface area contributed by atoms with E-state index in [1.807, 2.05) is 0 Å². The minimum atomic E-state index is 0.00993. The molecule has 0 radical (unpaired) electrons. The van der Waals surface area contributed by atoms with Gasteiger partial charge in [0.05, 0.1) is 5.41 Å². The molecule has 1 aromatic rings. The Morgan fingerprint density at radius 1 is 1.54 bits per heavy atom. The smallest absolute Gasteiger partial charge is 0.223 e. The molecule has 0 N–H and O–H groups in total. The lowest BCUT2D eigenvalue weighted by Gasteiger charge is -2.36. The average Bonchev–Trinajstić information content (AvgIpc) is 2.44. The minimum absolute atomic E-state index is 0.00993. The Morgan fingerprint density at radius 2 is 2.31 bits per heavy atom. The average molecular weight is 176 g/mol. The molecule has 1 saturated carbocycles. The topological polar surface area (TPSA) is 38.9 Å². The summed E-state index contributed by atoms with van der Waals surface area (Å²) in [7, 11) is 0. The summed E-state index contributed by atoms with van der Waals surface area (Å²) >= 11 is 0. The van der Waals surface area contributed by atoms with E-state index in [1.54, 1.807) is 6.92 Å². The first-order valence-corrected chi connectivity index (χ1v) is 4.51. The van der Waals surface area contributed by atoms with Crippen molar-refractivity contribution in [2.75, 3.05) is 0 Å². The van der Waals surface area contributed by atoms with E-state index in [-0.39, 0.29) is 5.41 Å². The molecule has 0 spiro atoms. The molecule has 0 unspecified atom stereocenters. The maximum absolute atomic E-state index is 5.43. The van der Waals surface area contributed by atoms with Crippen LogP contribution in [0.4, 0.5) is 0 Å². The molecule has 1 aliphatic carbocycles. The zero-order valence-electron chi connectivity index (χ0n) is 7.71. The maximum Gasteiger partial charge on any atom is 0.223 e. The van der Waals surface area contributed by atoms with Crippen molar-refractivity contribution in [2.45, 2.75) is 38.0 Å². The van der Waals surface area contributed by atoms with Crippen molar-refractivity contribution in [1.82, 2.24) is 10.2 Å². The molecule has 1 heterocycles. The van der Waals surface area contributed by atoms with Gasteiger partial charge in [-0.15, -0.1) is 22.5 Å². The van der Waals surface area contributed by atoms with Crippen LogP contribution < -0.4 is 0 Å². The molecular weight excluding hydrogens is 164 g/mol. The van der Waals surface area contributed by atoms with Crippen LogP contribution in [0.15, 0.2) is 4.42 Å². The van der Waals surface area contributed by atoms with Gasteiger partial charge in [-0.1, -0.05) is 6.42 Å². The SMILES string of the molecule is C#CCC1(c2nnc(C)o2)CCC1. The number of hydrogen-bond donors (Lipinski definition) is 0. The van der Waals surface area contributed by atoms with Crippen molar-refractivity contribution in [3.63, 3.8) is 0 Å². The summed E-state index contributed by atoms with van der Waals surface area (Å²) in [5.74, 6) is 4.04. The van der Waals surface area contributed by atoms with Gasteiger partial charge in [0.2, 0.25) is 11.8 Å². The molecular formula is C10H12N2O. The Labute approximate surface area is 77.5 Å². The second-order valence-corrected chi connectivity index (χ2v) is 3.64. The molecule has 68 valence electrons. The maximum atomic E-state index is 5.43. The van der Waals surface area contributed by atoms with Gasteiger partial charge in [0.1, 0.15) is 0 Å². The highest BCUT2D eigenvalue weighted by Gasteiger charge is 2.42. The van der Waals surface area contributed by atoms with E-state index in [1.165, 1.54) is 6.42 Å². The van der Waals surface area contributed by atoms with Crippen molar-refractivity contribution < 1.29 is 4.42 Å². The first-order chi connectivity index (χ1) is 6.27. The minimum Gasteiger partial charge on any atom is -0.425 e. The zero-order valence-corrected chi connectivity index (χ0v) is 7.71. The monoisotopic (exact) mass is 176 g/mol. The van der Waals surface area contributed by atoms with E-state index < -0.39 is 0 Å². The highest BCUT2D eigenvalue weighted by atomic mass is 16.4. The molecule has 0 amide bonds. The normalized spacial score (nSPS) is 19.1. The predicted molar refractivity (Wildman–Crippen MR) is 48.0 cm³/mol. The Kier molecular flexibility index (Phi) is 1.84. The molecule has 0 atom stereocenters. The molecule has 1 fully saturated rings. The third-order valence-electron chi connectivity index (χ3n) is 2.73. The molecule has 1 aliphatic rings. The van der Waals surface area contributed by atoms with Gasteiger partial charge in [-0.2, -0.15) is 0 Å². The molecule has 2 rings (SSSR count). The van der Waals surface area contributed by atoms with Crippen LogP contribution in [-0.4, -0.2) is 10.2 Å². The summed E-state index contributed by atoms with van der Waals surface area (Å²) in [5, 5.41) is 7.88. The molecule has 13 heavy (non-hydrogen) atoms. The van der Waals surface area contributed by atoms with Gasteiger partial charge in [-0.05, 0) is 12.8 Å². The molecule has 0 saturated heterocycles. The number of terminal acetylenes is 1. The quantitative estimate of drug-likeness (QED) is 0.645. The number of rotatable bonds is 2. The summed E-state index contributed by atoms with van der Waals surface area (Å²) in [6.07, 6.45) is 9.42. The summed E-state index contributed by atoms with van der Waals surface area (Å²) in [4.78, 5) is 0. The Morgan fingerprint density at radius 3 is 2.69 bits per heavy atom. The summed E-state index contributed by atoms with van der Waals surface area (Å²) < 4.78 is 5.43. The van der Waals surface area contributed by atoms with Gasteiger partial charge in [0.25, 0.3) is 0 Å². The van der Waals surface area contributed by atoms with Crippen LogP contribution in [0.3, 0.4) is 0 Å². The predicted octanol–water partition coefficient (Wildman–Crippen LogP) is 1.82.